The van der Waals surface area contributed by atoms with Crippen LogP contribution in [-0.2, 0) is 45.6 Å². The molecule has 12 aliphatic rings. The van der Waals surface area contributed by atoms with Gasteiger partial charge in [-0.2, -0.15) is 13.2 Å². The van der Waals surface area contributed by atoms with E-state index in [1.807, 2.05) is 42.5 Å². The minimum absolute atomic E-state index is 0.120. The van der Waals surface area contributed by atoms with Crippen LogP contribution >= 0.6 is 15.9 Å². The van der Waals surface area contributed by atoms with E-state index in [2.05, 4.69) is 110 Å². The van der Waals surface area contributed by atoms with Crippen molar-refractivity contribution in [3.8, 4) is 17.2 Å². The molecule has 0 spiro atoms. The Kier molecular flexibility index (Phi) is 16.9. The molecule has 0 unspecified atom stereocenters. The molecule has 438 valence electrons. The summed E-state index contributed by atoms with van der Waals surface area (Å²) >= 11 is 3.51. The molecule has 11 heteroatoms. The summed E-state index contributed by atoms with van der Waals surface area (Å²) in [5, 5.41) is 11.8. The summed E-state index contributed by atoms with van der Waals surface area (Å²) in [6.45, 7) is 4.07. The van der Waals surface area contributed by atoms with Gasteiger partial charge in [-0.3, -0.25) is 4.98 Å². The number of aromatic nitrogens is 1. The Bertz CT molecular complexity index is 2990. The van der Waals surface area contributed by atoms with Crippen molar-refractivity contribution >= 4 is 15.9 Å². The summed E-state index contributed by atoms with van der Waals surface area (Å²) in [6, 6.07) is 44.6. The van der Waals surface area contributed by atoms with Crippen LogP contribution in [0.1, 0.15) is 155 Å². The van der Waals surface area contributed by atoms with Crippen molar-refractivity contribution in [2.45, 2.75) is 178 Å². The minimum atomic E-state index is -4.33. The lowest BCUT2D eigenvalue weighted by atomic mass is 9.53. The maximum Gasteiger partial charge on any atom is 0.416 e. The highest BCUT2D eigenvalue weighted by Crippen LogP contribution is 2.58. The van der Waals surface area contributed by atoms with Gasteiger partial charge in [0.1, 0.15) is 37.1 Å². The average molecular weight is 1190 g/mol. The fourth-order valence-corrected chi connectivity index (χ4v) is 18.8. The first-order chi connectivity index (χ1) is 40.3. The van der Waals surface area contributed by atoms with Crippen molar-refractivity contribution in [2.75, 3.05) is 0 Å². The highest BCUT2D eigenvalue weighted by Gasteiger charge is 2.53. The van der Waals surface area contributed by atoms with Crippen molar-refractivity contribution in [3.63, 3.8) is 0 Å². The molecule has 12 aliphatic carbocycles. The second-order valence-corrected chi connectivity index (χ2v) is 28.5. The predicted octanol–water partition coefficient (Wildman–Crippen LogP) is 17.1. The normalized spacial score (nSPS) is 31.0. The number of hydrogen-bond acceptors (Lipinski definition) is 7. The first kappa shape index (κ1) is 56.9. The van der Waals surface area contributed by atoms with E-state index >= 15 is 0 Å². The Morgan fingerprint density at radius 2 is 0.747 bits per heavy atom. The fourth-order valence-electron chi connectivity index (χ4n) is 18.4. The monoisotopic (exact) mass is 1190 g/mol. The molecule has 0 atom stereocenters. The Balaban J connectivity index is 0.000000117. The third-order valence-corrected chi connectivity index (χ3v) is 21.4. The molecule has 0 saturated heterocycles. The molecule has 1 aromatic heterocycles. The molecule has 18 rings (SSSR count). The van der Waals surface area contributed by atoms with Crippen LogP contribution in [0.25, 0.3) is 0 Å². The quantitative estimate of drug-likeness (QED) is 0.0791. The molecule has 3 N–H and O–H groups in total. The highest BCUT2D eigenvalue weighted by atomic mass is 79.9. The maximum absolute atomic E-state index is 12.8. The van der Waals surface area contributed by atoms with Crippen molar-refractivity contribution in [1.29, 1.82) is 0 Å². The second-order valence-electron chi connectivity index (χ2n) is 27.6. The molecule has 12 saturated carbocycles. The summed E-state index contributed by atoms with van der Waals surface area (Å²) in [4.78, 5) is 4.30. The number of alkyl halides is 3. The number of benzene rings is 5. The summed E-state index contributed by atoms with van der Waals surface area (Å²) in [5.41, 5.74) is 7.15. The standard InChI is InChI=1S/C25H28F3NO.C24H28BrNO.C23H28N2O/c26-25(27,28)22-3-1-2-18(11-22)16-30-23-6-4-17(5-7-23)15-29-24-12-19-8-20(13-24)10-21(9-19)14-24;25-22-3-1-2-18(11-22)16-27-23-6-4-17(5-7-23)15-26-24-12-19-8-20(13-24)10-21(9-19)14-24;1-2-8-24-21(3-1)16-26-22-6-4-17(5-7-22)15-25-23-12-18-9-19(13-23)11-20(10-18)14-23/h1-7,11,19-21,29H,8-10,12-16H2;1-7,11,19-21,26H,8-10,12-16H2;1-8,18-20,25H,9-16H2. The molecule has 7 nitrogen and oxygen atoms in total. The van der Waals surface area contributed by atoms with E-state index in [0.29, 0.717) is 41.1 Å². The van der Waals surface area contributed by atoms with Crippen molar-refractivity contribution in [2.24, 2.45) is 53.3 Å². The fraction of sp³-hybridized carbons (Fsp3) is 0.514. The molecule has 12 fully saturated rings. The van der Waals surface area contributed by atoms with Gasteiger partial charge in [0, 0.05) is 46.9 Å². The first-order valence-electron chi connectivity index (χ1n) is 31.5. The van der Waals surface area contributed by atoms with E-state index in [9.17, 15) is 13.2 Å². The Hall–Kier alpha value is -5.20. The SMILES string of the molecule is Brc1cccc(COc2ccc(CNC34CC5CC(CC(C5)C3)C4)cc2)c1.FC(F)(F)c1cccc(COc2ccc(CNC34CC5CC(CC(C5)C3)C4)cc2)c1.c1ccc(COc2ccc(CNC34CC5CC(CC(C5)C3)C4)cc2)nc1. The largest absolute Gasteiger partial charge is 0.489 e. The molecular weight excluding hydrogens is 1110 g/mol. The van der Waals surface area contributed by atoms with Gasteiger partial charge in [0.25, 0.3) is 0 Å². The number of nitrogens with zero attached hydrogens (tertiary/aromatic N) is 1. The zero-order valence-corrected chi connectivity index (χ0v) is 49.8. The zero-order chi connectivity index (χ0) is 56.4. The van der Waals surface area contributed by atoms with Crippen LogP contribution in [-0.4, -0.2) is 21.6 Å². The van der Waals surface area contributed by atoms with Crippen LogP contribution in [0.2, 0.25) is 0 Å². The second kappa shape index (κ2) is 24.6. The number of rotatable bonds is 18. The van der Waals surface area contributed by atoms with Crippen molar-refractivity contribution < 1.29 is 27.4 Å². The number of halogens is 4. The van der Waals surface area contributed by atoms with Gasteiger partial charge < -0.3 is 30.2 Å². The Labute approximate surface area is 499 Å². The zero-order valence-electron chi connectivity index (χ0n) is 48.2. The lowest BCUT2D eigenvalue weighted by molar-refractivity contribution is -0.137. The number of pyridine rings is 1. The van der Waals surface area contributed by atoms with E-state index in [1.54, 1.807) is 12.3 Å². The Morgan fingerprint density at radius 1 is 0.398 bits per heavy atom. The predicted molar refractivity (Wildman–Crippen MR) is 325 cm³/mol. The van der Waals surface area contributed by atoms with Crippen LogP contribution in [0.15, 0.2) is 150 Å². The lowest BCUT2D eigenvalue weighted by Crippen LogP contribution is -2.58. The number of nitrogens with one attached hydrogen (secondary N) is 3. The van der Waals surface area contributed by atoms with Gasteiger partial charge in [0.05, 0.1) is 11.3 Å². The third kappa shape index (κ3) is 14.4. The van der Waals surface area contributed by atoms with Crippen LogP contribution in [0.4, 0.5) is 13.2 Å². The maximum atomic E-state index is 12.8. The summed E-state index contributed by atoms with van der Waals surface area (Å²) in [5.74, 6) is 11.3. The molecular formula is C72H84BrF3N4O3. The van der Waals surface area contributed by atoms with Gasteiger partial charge >= 0.3 is 6.18 Å². The van der Waals surface area contributed by atoms with Crippen molar-refractivity contribution in [1.82, 2.24) is 20.9 Å². The van der Waals surface area contributed by atoms with Crippen LogP contribution < -0.4 is 30.2 Å². The van der Waals surface area contributed by atoms with Gasteiger partial charge in [0.2, 0.25) is 0 Å². The van der Waals surface area contributed by atoms with E-state index in [-0.39, 0.29) is 6.61 Å². The van der Waals surface area contributed by atoms with Crippen LogP contribution in [0.5, 0.6) is 17.2 Å². The number of hydrogen-bond donors (Lipinski definition) is 3. The molecule has 12 bridgehead atoms. The first-order valence-corrected chi connectivity index (χ1v) is 32.3. The van der Waals surface area contributed by atoms with Crippen molar-refractivity contribution in [3.05, 3.63) is 189 Å². The van der Waals surface area contributed by atoms with Gasteiger partial charge in [-0.1, -0.05) is 82.7 Å². The van der Waals surface area contributed by atoms with Crippen LogP contribution in [0.3, 0.4) is 0 Å². The molecule has 0 amide bonds. The minimum Gasteiger partial charge on any atom is -0.489 e. The van der Waals surface area contributed by atoms with Gasteiger partial charge in [0.15, 0.2) is 0 Å². The van der Waals surface area contributed by atoms with Gasteiger partial charge in [-0.05, 0) is 269 Å². The topological polar surface area (TPSA) is 76.7 Å². The Morgan fingerprint density at radius 3 is 1.08 bits per heavy atom. The summed E-state index contributed by atoms with van der Waals surface area (Å²) < 4.78 is 57.1. The van der Waals surface area contributed by atoms with Gasteiger partial charge in [-0.25, -0.2) is 0 Å². The molecule has 83 heavy (non-hydrogen) atoms. The number of ether oxygens (including phenoxy) is 3. The van der Waals surface area contributed by atoms with E-state index < -0.39 is 11.7 Å². The third-order valence-electron chi connectivity index (χ3n) is 21.0. The smallest absolute Gasteiger partial charge is 0.416 e. The van der Waals surface area contributed by atoms with E-state index in [0.717, 1.165) is 107 Å². The van der Waals surface area contributed by atoms with E-state index in [4.69, 9.17) is 14.2 Å². The molecule has 0 radical (unpaired) electrons. The van der Waals surface area contributed by atoms with E-state index in [1.165, 1.54) is 144 Å². The molecule has 5 aromatic carbocycles. The molecule has 1 heterocycles. The van der Waals surface area contributed by atoms with Gasteiger partial charge in [-0.15, -0.1) is 0 Å². The summed E-state index contributed by atoms with van der Waals surface area (Å²) in [7, 11) is 0. The van der Waals surface area contributed by atoms with Crippen LogP contribution in [0, 0.1) is 53.3 Å². The molecule has 6 aromatic rings. The molecule has 0 aliphatic heterocycles. The summed E-state index contributed by atoms with van der Waals surface area (Å²) in [6.07, 6.45) is 23.3. The average Bonchev–Trinajstić information content (AvgIpc) is 3.66. The highest BCUT2D eigenvalue weighted by molar-refractivity contribution is 9.10. The lowest BCUT2D eigenvalue weighted by Gasteiger charge is -2.57.